The number of aromatic nitrogens is 2. The molecule has 0 unspecified atom stereocenters. The summed E-state index contributed by atoms with van der Waals surface area (Å²) in [5.41, 5.74) is -0.135. The summed E-state index contributed by atoms with van der Waals surface area (Å²) in [6.45, 7) is 5.13. The van der Waals surface area contributed by atoms with Crippen LogP contribution in [0.25, 0.3) is 0 Å². The van der Waals surface area contributed by atoms with Gasteiger partial charge >= 0.3 is 5.69 Å². The summed E-state index contributed by atoms with van der Waals surface area (Å²) in [5, 5.41) is 10.9. The number of nitro groups is 1. The molecule has 0 atom stereocenters. The Morgan fingerprint density at radius 2 is 2.07 bits per heavy atom. The van der Waals surface area contributed by atoms with Gasteiger partial charge in [0.2, 0.25) is 5.82 Å². The van der Waals surface area contributed by atoms with Crippen molar-refractivity contribution in [2.45, 2.75) is 18.9 Å². The zero-order chi connectivity index (χ0) is 11.4. The highest BCUT2D eigenvalue weighted by Crippen LogP contribution is 2.29. The van der Waals surface area contributed by atoms with E-state index in [-0.39, 0.29) is 10.7 Å². The fraction of sp³-hybridized carbons (Fsp3) is 0.500. The van der Waals surface area contributed by atoms with E-state index in [1.54, 1.807) is 4.90 Å². The smallest absolute Gasteiger partial charge is 0.343 e. The van der Waals surface area contributed by atoms with Crippen molar-refractivity contribution in [3.63, 3.8) is 0 Å². The highest BCUT2D eigenvalue weighted by molar-refractivity contribution is 7.80. The van der Waals surface area contributed by atoms with Crippen LogP contribution in [0.2, 0.25) is 0 Å². The summed E-state index contributed by atoms with van der Waals surface area (Å²) in [6, 6.07) is 0. The van der Waals surface area contributed by atoms with Crippen molar-refractivity contribution in [1.29, 1.82) is 0 Å². The Morgan fingerprint density at radius 3 is 2.53 bits per heavy atom. The fourth-order valence-electron chi connectivity index (χ4n) is 1.28. The minimum Gasteiger partial charge on any atom is -0.351 e. The van der Waals surface area contributed by atoms with Gasteiger partial charge in [0.05, 0.1) is 4.92 Å². The molecule has 0 amide bonds. The van der Waals surface area contributed by atoms with Crippen LogP contribution in [-0.2, 0) is 0 Å². The first-order chi connectivity index (χ1) is 7.11. The molecule has 0 aromatic carbocycles. The summed E-state index contributed by atoms with van der Waals surface area (Å²) in [4.78, 5) is 19.7. The molecule has 0 radical (unpaired) electrons. The first-order valence-corrected chi connectivity index (χ1v) is 4.99. The SMILES string of the molecule is CCN(CC)c1ncnc(S)c1[N+](=O)[O-]. The molecular formula is C8H12N4O2S. The predicted octanol–water partition coefficient (Wildman–Crippen LogP) is 1.52. The molecule has 1 heterocycles. The molecule has 6 nitrogen and oxygen atoms in total. The van der Waals surface area contributed by atoms with Gasteiger partial charge in [-0.25, -0.2) is 9.97 Å². The molecule has 0 aliphatic rings. The Balaban J connectivity index is 3.27. The van der Waals surface area contributed by atoms with E-state index in [2.05, 4.69) is 22.6 Å². The molecule has 82 valence electrons. The number of hydrogen-bond donors (Lipinski definition) is 1. The number of anilines is 1. The second-order valence-electron chi connectivity index (χ2n) is 2.80. The van der Waals surface area contributed by atoms with Gasteiger partial charge in [-0.15, -0.1) is 12.6 Å². The van der Waals surface area contributed by atoms with E-state index in [1.807, 2.05) is 13.8 Å². The monoisotopic (exact) mass is 228 g/mol. The molecule has 0 bridgehead atoms. The van der Waals surface area contributed by atoms with Gasteiger partial charge in [0.25, 0.3) is 0 Å². The van der Waals surface area contributed by atoms with Gasteiger partial charge in [-0.3, -0.25) is 10.1 Å². The van der Waals surface area contributed by atoms with Gasteiger partial charge in [0, 0.05) is 13.1 Å². The summed E-state index contributed by atoms with van der Waals surface area (Å²) in [7, 11) is 0. The van der Waals surface area contributed by atoms with Crippen molar-refractivity contribution in [3.8, 4) is 0 Å². The van der Waals surface area contributed by atoms with E-state index in [0.717, 1.165) is 0 Å². The molecule has 0 N–H and O–H groups in total. The van der Waals surface area contributed by atoms with Crippen molar-refractivity contribution >= 4 is 24.1 Å². The number of hydrogen-bond acceptors (Lipinski definition) is 6. The predicted molar refractivity (Wildman–Crippen MR) is 59.5 cm³/mol. The van der Waals surface area contributed by atoms with Crippen LogP contribution in [-0.4, -0.2) is 28.0 Å². The van der Waals surface area contributed by atoms with Gasteiger partial charge in [-0.2, -0.15) is 0 Å². The standard InChI is InChI=1S/C8H12N4O2S/c1-3-11(4-2)7-6(12(13)14)8(15)10-5-9-7/h5H,3-4H2,1-2H3,(H,9,10,15). The lowest BCUT2D eigenvalue weighted by Crippen LogP contribution is -2.24. The van der Waals surface area contributed by atoms with Gasteiger partial charge in [-0.05, 0) is 13.8 Å². The Kier molecular flexibility index (Phi) is 3.84. The molecule has 0 fully saturated rings. The van der Waals surface area contributed by atoms with Crippen LogP contribution in [0.3, 0.4) is 0 Å². The summed E-state index contributed by atoms with van der Waals surface area (Å²) >= 11 is 3.96. The molecule has 0 aliphatic heterocycles. The van der Waals surface area contributed by atoms with Gasteiger partial charge < -0.3 is 4.90 Å². The highest BCUT2D eigenvalue weighted by atomic mass is 32.1. The molecule has 0 saturated carbocycles. The normalized spacial score (nSPS) is 10.1. The zero-order valence-electron chi connectivity index (χ0n) is 8.54. The third-order valence-corrected chi connectivity index (χ3v) is 2.36. The quantitative estimate of drug-likeness (QED) is 0.366. The fourth-order valence-corrected chi connectivity index (χ4v) is 1.51. The van der Waals surface area contributed by atoms with Crippen LogP contribution in [0.4, 0.5) is 11.5 Å². The highest BCUT2D eigenvalue weighted by Gasteiger charge is 2.23. The maximum atomic E-state index is 10.8. The van der Waals surface area contributed by atoms with Crippen molar-refractivity contribution < 1.29 is 4.92 Å². The van der Waals surface area contributed by atoms with E-state index in [1.165, 1.54) is 6.33 Å². The molecular weight excluding hydrogens is 216 g/mol. The van der Waals surface area contributed by atoms with Crippen LogP contribution < -0.4 is 4.90 Å². The minimum absolute atomic E-state index is 0.0944. The first kappa shape index (κ1) is 11.7. The lowest BCUT2D eigenvalue weighted by Gasteiger charge is -2.19. The average molecular weight is 228 g/mol. The zero-order valence-corrected chi connectivity index (χ0v) is 9.44. The summed E-state index contributed by atoms with van der Waals surface area (Å²) in [6.07, 6.45) is 1.28. The van der Waals surface area contributed by atoms with Crippen LogP contribution in [0.15, 0.2) is 11.4 Å². The third kappa shape index (κ3) is 2.35. The van der Waals surface area contributed by atoms with Crippen molar-refractivity contribution in [3.05, 3.63) is 16.4 Å². The van der Waals surface area contributed by atoms with E-state index in [4.69, 9.17) is 0 Å². The summed E-state index contributed by atoms with van der Waals surface area (Å²) in [5.74, 6) is 0.324. The van der Waals surface area contributed by atoms with Crippen LogP contribution in [0.1, 0.15) is 13.8 Å². The van der Waals surface area contributed by atoms with Crippen molar-refractivity contribution in [2.75, 3.05) is 18.0 Å². The van der Waals surface area contributed by atoms with Crippen LogP contribution >= 0.6 is 12.6 Å². The van der Waals surface area contributed by atoms with E-state index in [0.29, 0.717) is 18.9 Å². The third-order valence-electron chi connectivity index (χ3n) is 2.03. The van der Waals surface area contributed by atoms with Gasteiger partial charge in [0.15, 0.2) is 5.03 Å². The molecule has 1 aromatic heterocycles. The average Bonchev–Trinajstić information content (AvgIpc) is 2.19. The Hall–Kier alpha value is -1.37. The topological polar surface area (TPSA) is 72.2 Å². The van der Waals surface area contributed by atoms with Gasteiger partial charge in [0.1, 0.15) is 6.33 Å². The van der Waals surface area contributed by atoms with Crippen molar-refractivity contribution in [2.24, 2.45) is 0 Å². The Morgan fingerprint density at radius 1 is 1.47 bits per heavy atom. The molecule has 0 spiro atoms. The Labute approximate surface area is 92.9 Å². The lowest BCUT2D eigenvalue weighted by molar-refractivity contribution is -0.387. The van der Waals surface area contributed by atoms with Crippen LogP contribution in [0, 0.1) is 10.1 Å². The minimum atomic E-state index is -0.504. The number of rotatable bonds is 4. The van der Waals surface area contributed by atoms with Crippen LogP contribution in [0.5, 0.6) is 0 Å². The molecule has 1 aromatic rings. The largest absolute Gasteiger partial charge is 0.351 e. The molecule has 7 heteroatoms. The second kappa shape index (κ2) is 4.92. The van der Waals surface area contributed by atoms with E-state index < -0.39 is 4.92 Å². The second-order valence-corrected chi connectivity index (χ2v) is 3.22. The number of thiol groups is 1. The molecule has 0 aliphatic carbocycles. The molecule has 1 rings (SSSR count). The first-order valence-electron chi connectivity index (χ1n) is 4.55. The lowest BCUT2D eigenvalue weighted by atomic mass is 10.4. The maximum Gasteiger partial charge on any atom is 0.343 e. The maximum absolute atomic E-state index is 10.8. The van der Waals surface area contributed by atoms with E-state index >= 15 is 0 Å². The van der Waals surface area contributed by atoms with E-state index in [9.17, 15) is 10.1 Å². The molecule has 15 heavy (non-hydrogen) atoms. The van der Waals surface area contributed by atoms with Gasteiger partial charge in [-0.1, -0.05) is 0 Å². The Bertz CT molecular complexity index is 368. The number of nitrogens with zero attached hydrogens (tertiary/aromatic N) is 4. The summed E-state index contributed by atoms with van der Waals surface area (Å²) < 4.78 is 0. The molecule has 0 saturated heterocycles. The van der Waals surface area contributed by atoms with Crippen molar-refractivity contribution in [1.82, 2.24) is 9.97 Å².